The van der Waals surface area contributed by atoms with Gasteiger partial charge in [-0.15, -0.1) is 0 Å². The van der Waals surface area contributed by atoms with E-state index in [2.05, 4.69) is 28.9 Å². The SMILES string of the molecule is CC(C)CN(C(=O)C#Cc1ccc(C(F)(F)F)cc1)[C@H]1CC[C@@]2(O)[C@H]3Cc4ccc(O)c5c4[C@@]2(CCN3CCc2ccccc2)[C@H]1O5. The normalized spacial score (nSPS) is 27.4. The first-order valence-corrected chi connectivity index (χ1v) is 16.4. The molecule has 7 rings (SSSR count). The second-order valence-electron chi connectivity index (χ2n) is 13.9. The van der Waals surface area contributed by atoms with Crippen LogP contribution in [0.25, 0.3) is 0 Å². The van der Waals surface area contributed by atoms with Gasteiger partial charge in [0.15, 0.2) is 11.5 Å². The molecule has 5 atom stereocenters. The van der Waals surface area contributed by atoms with Crippen LogP contribution < -0.4 is 4.74 Å². The Hall–Kier alpha value is -4.00. The minimum atomic E-state index is -4.46. The fraction of sp³-hybridized carbons (Fsp3) is 0.447. The van der Waals surface area contributed by atoms with Crippen LogP contribution in [0, 0.1) is 17.8 Å². The van der Waals surface area contributed by atoms with Crippen molar-refractivity contribution in [1.82, 2.24) is 9.80 Å². The third kappa shape index (κ3) is 5.17. The number of hydrogen-bond acceptors (Lipinski definition) is 5. The Balaban J connectivity index is 1.22. The van der Waals surface area contributed by atoms with Crippen LogP contribution in [0.4, 0.5) is 13.2 Å². The van der Waals surface area contributed by atoms with Crippen molar-refractivity contribution in [2.24, 2.45) is 5.92 Å². The van der Waals surface area contributed by atoms with E-state index < -0.39 is 40.8 Å². The maximum atomic E-state index is 13.9. The maximum Gasteiger partial charge on any atom is 0.416 e. The number of amides is 1. The number of ether oxygens (including phenoxy) is 1. The van der Waals surface area contributed by atoms with Gasteiger partial charge < -0.3 is 19.8 Å². The Bertz CT molecular complexity index is 1730. The minimum Gasteiger partial charge on any atom is -0.504 e. The highest BCUT2D eigenvalue weighted by molar-refractivity contribution is 5.94. The first-order chi connectivity index (χ1) is 22.4. The zero-order valence-corrected chi connectivity index (χ0v) is 26.6. The fourth-order valence-electron chi connectivity index (χ4n) is 8.81. The van der Waals surface area contributed by atoms with Gasteiger partial charge in [-0.25, -0.2) is 0 Å². The standard InChI is InChI=1S/C38H39F3N2O4/c1-24(2)23-43(32(45)15-10-26-8-12-28(13-9-26)38(39,40)41)29-16-18-37(46)31-22-27-11-14-30(44)34-33(27)36(37,35(29)47-34)19-21-42(31)20-17-25-6-4-3-5-7-25/h3-9,11-14,24,29,31,35,44,46H,16-23H2,1-2H3/t29-,31+,35-,36-,37+/m0/s1. The molecule has 1 amide bonds. The average Bonchev–Trinajstić information content (AvgIpc) is 3.40. The number of phenols is 1. The number of phenolic OH excluding ortho intramolecular Hbond substituents is 1. The van der Waals surface area contributed by atoms with Crippen LogP contribution in [0.3, 0.4) is 0 Å². The second-order valence-corrected chi connectivity index (χ2v) is 13.9. The van der Waals surface area contributed by atoms with E-state index in [0.29, 0.717) is 43.5 Å². The molecule has 2 heterocycles. The molecule has 6 nitrogen and oxygen atoms in total. The molecular formula is C38H39F3N2O4. The molecule has 3 aromatic carbocycles. The molecule has 3 aromatic rings. The molecule has 1 saturated carbocycles. The number of benzene rings is 3. The van der Waals surface area contributed by atoms with E-state index in [1.807, 2.05) is 38.1 Å². The van der Waals surface area contributed by atoms with Crippen LogP contribution in [0.5, 0.6) is 11.5 Å². The van der Waals surface area contributed by atoms with Crippen molar-refractivity contribution in [2.45, 2.75) is 81.3 Å². The lowest BCUT2D eigenvalue weighted by Gasteiger charge is -2.64. The average molecular weight is 645 g/mol. The third-order valence-electron chi connectivity index (χ3n) is 10.8. The van der Waals surface area contributed by atoms with Crippen molar-refractivity contribution >= 4 is 5.91 Å². The highest BCUT2D eigenvalue weighted by Crippen LogP contribution is 2.65. The number of halogens is 3. The second kappa shape index (κ2) is 11.6. The van der Waals surface area contributed by atoms with Gasteiger partial charge in [-0.05, 0) is 86.0 Å². The number of nitrogens with zero attached hydrogens (tertiary/aromatic N) is 2. The predicted octanol–water partition coefficient (Wildman–Crippen LogP) is 5.71. The Morgan fingerprint density at radius 1 is 1.09 bits per heavy atom. The van der Waals surface area contributed by atoms with Crippen LogP contribution in [0.1, 0.15) is 60.9 Å². The van der Waals surface area contributed by atoms with Gasteiger partial charge in [-0.3, -0.25) is 9.69 Å². The van der Waals surface area contributed by atoms with Crippen molar-refractivity contribution < 1.29 is 32.9 Å². The first kappa shape index (κ1) is 31.6. The van der Waals surface area contributed by atoms with E-state index in [-0.39, 0.29) is 17.7 Å². The van der Waals surface area contributed by atoms with Gasteiger partial charge in [-0.2, -0.15) is 13.2 Å². The number of piperidine rings is 1. The zero-order chi connectivity index (χ0) is 33.1. The van der Waals surface area contributed by atoms with Gasteiger partial charge in [0.1, 0.15) is 6.10 Å². The summed E-state index contributed by atoms with van der Waals surface area (Å²) < 4.78 is 45.9. The summed E-state index contributed by atoms with van der Waals surface area (Å²) in [5, 5.41) is 23.9. The van der Waals surface area contributed by atoms with E-state index in [0.717, 1.165) is 42.8 Å². The minimum absolute atomic E-state index is 0.0300. The molecule has 2 N–H and O–H groups in total. The zero-order valence-electron chi connectivity index (χ0n) is 26.6. The molecule has 1 spiro atoms. The molecule has 4 aliphatic rings. The lowest BCUT2D eigenvalue weighted by Crippen LogP contribution is -2.78. The Kier molecular flexibility index (Phi) is 7.80. The van der Waals surface area contributed by atoms with E-state index >= 15 is 0 Å². The van der Waals surface area contributed by atoms with Gasteiger partial charge in [0, 0.05) is 36.2 Å². The van der Waals surface area contributed by atoms with Gasteiger partial charge in [0.05, 0.1) is 22.6 Å². The van der Waals surface area contributed by atoms with Crippen LogP contribution in [0.2, 0.25) is 0 Å². The molecule has 2 aliphatic heterocycles. The van der Waals surface area contributed by atoms with Crippen LogP contribution in [-0.2, 0) is 29.2 Å². The summed E-state index contributed by atoms with van der Waals surface area (Å²) in [6.07, 6.45) is -2.00. The highest BCUT2D eigenvalue weighted by Gasteiger charge is 2.73. The smallest absolute Gasteiger partial charge is 0.416 e. The number of hydrogen-bond donors (Lipinski definition) is 2. The fourth-order valence-corrected chi connectivity index (χ4v) is 8.81. The molecule has 0 unspecified atom stereocenters. The third-order valence-corrected chi connectivity index (χ3v) is 10.8. The van der Waals surface area contributed by atoms with Crippen molar-refractivity contribution in [1.29, 1.82) is 0 Å². The lowest BCUT2D eigenvalue weighted by atomic mass is 9.48. The largest absolute Gasteiger partial charge is 0.504 e. The van der Waals surface area contributed by atoms with Crippen molar-refractivity contribution in [2.75, 3.05) is 19.6 Å². The summed E-state index contributed by atoms with van der Waals surface area (Å²) in [7, 11) is 0. The number of carbonyl (C=O) groups excluding carboxylic acids is 1. The predicted molar refractivity (Wildman–Crippen MR) is 171 cm³/mol. The van der Waals surface area contributed by atoms with Crippen LogP contribution in [0.15, 0.2) is 66.7 Å². The maximum absolute atomic E-state index is 13.9. The van der Waals surface area contributed by atoms with Crippen molar-refractivity contribution in [3.05, 3.63) is 94.5 Å². The van der Waals surface area contributed by atoms with E-state index in [9.17, 15) is 28.2 Å². The molecule has 2 fully saturated rings. The summed E-state index contributed by atoms with van der Waals surface area (Å²) in [6, 6.07) is 17.8. The van der Waals surface area contributed by atoms with Gasteiger partial charge in [0.2, 0.25) is 0 Å². The highest BCUT2D eigenvalue weighted by atomic mass is 19.4. The number of rotatable bonds is 6. The summed E-state index contributed by atoms with van der Waals surface area (Å²) >= 11 is 0. The molecule has 246 valence electrons. The molecular weight excluding hydrogens is 605 g/mol. The summed E-state index contributed by atoms with van der Waals surface area (Å²) in [5.41, 5.74) is 0.765. The van der Waals surface area contributed by atoms with Gasteiger partial charge in [0.25, 0.3) is 5.91 Å². The Labute approximate surface area is 273 Å². The molecule has 2 aliphatic carbocycles. The number of aromatic hydroxyl groups is 1. The van der Waals surface area contributed by atoms with Crippen LogP contribution >= 0.6 is 0 Å². The number of carbonyl (C=O) groups is 1. The van der Waals surface area contributed by atoms with Crippen LogP contribution in [-0.4, -0.2) is 69.3 Å². The topological polar surface area (TPSA) is 73.2 Å². The molecule has 0 aromatic heterocycles. The molecule has 2 bridgehead atoms. The van der Waals surface area contributed by atoms with Crippen molar-refractivity contribution in [3.8, 4) is 23.3 Å². The van der Waals surface area contributed by atoms with Gasteiger partial charge in [-0.1, -0.05) is 56.2 Å². The molecule has 1 saturated heterocycles. The van der Waals surface area contributed by atoms with Gasteiger partial charge >= 0.3 is 6.18 Å². The Morgan fingerprint density at radius 2 is 1.83 bits per heavy atom. The number of alkyl halides is 3. The number of aliphatic hydroxyl groups is 1. The molecule has 9 heteroatoms. The quantitative estimate of drug-likeness (QED) is 0.337. The Morgan fingerprint density at radius 3 is 2.53 bits per heavy atom. The summed E-state index contributed by atoms with van der Waals surface area (Å²) in [6.45, 7) is 5.96. The monoisotopic (exact) mass is 644 g/mol. The molecule has 0 radical (unpaired) electrons. The first-order valence-electron chi connectivity index (χ1n) is 16.4. The van der Waals surface area contributed by atoms with E-state index in [1.54, 1.807) is 11.0 Å². The lowest BCUT2D eigenvalue weighted by molar-refractivity contribution is -0.200. The molecule has 47 heavy (non-hydrogen) atoms. The van der Waals surface area contributed by atoms with Crippen molar-refractivity contribution in [3.63, 3.8) is 0 Å². The summed E-state index contributed by atoms with van der Waals surface area (Å²) in [4.78, 5) is 18.0. The number of likely N-dealkylation sites (tertiary alicyclic amines) is 1. The van der Waals surface area contributed by atoms with E-state index in [1.165, 1.54) is 17.7 Å². The van der Waals surface area contributed by atoms with E-state index in [4.69, 9.17) is 4.74 Å². The summed E-state index contributed by atoms with van der Waals surface area (Å²) in [5.74, 6) is 5.55.